The fourth-order valence-electron chi connectivity index (χ4n) is 4.81. The second kappa shape index (κ2) is 14.9. The van der Waals surface area contributed by atoms with Crippen LogP contribution in [-0.2, 0) is 46.3 Å². The van der Waals surface area contributed by atoms with Gasteiger partial charge in [-0.2, -0.15) is 0 Å². The maximum atomic E-state index is 12.9. The topological polar surface area (TPSA) is 154 Å². The van der Waals surface area contributed by atoms with Crippen molar-refractivity contribution < 1.29 is 42.4 Å². The number of fused-ring (bicyclic) bond motifs is 1. The molecule has 44 heavy (non-hydrogen) atoms. The van der Waals surface area contributed by atoms with Crippen LogP contribution in [0.4, 0.5) is 0 Å². The van der Waals surface area contributed by atoms with E-state index >= 15 is 0 Å². The molecule has 1 heterocycles. The monoisotopic (exact) mass is 636 g/mol. The molecule has 1 unspecified atom stereocenters. The van der Waals surface area contributed by atoms with Crippen molar-refractivity contribution in [3.05, 3.63) is 47.0 Å². The van der Waals surface area contributed by atoms with Crippen molar-refractivity contribution in [2.45, 2.75) is 58.8 Å². The lowest BCUT2D eigenvalue weighted by molar-refractivity contribution is -0.903. The van der Waals surface area contributed by atoms with E-state index in [1.54, 1.807) is 6.92 Å². The summed E-state index contributed by atoms with van der Waals surface area (Å²) < 4.78 is 32.8. The van der Waals surface area contributed by atoms with Gasteiger partial charge in [-0.25, -0.2) is 4.57 Å². The highest BCUT2D eigenvalue weighted by atomic mass is 31.2. The number of carbonyl (C=O) groups is 1. The van der Waals surface area contributed by atoms with Crippen LogP contribution in [0.25, 0.3) is 16.7 Å². The smallest absolute Gasteiger partial charge is 0.472 e. The minimum atomic E-state index is -4.15. The number of phenols is 1. The molecule has 13 nitrogen and oxygen atoms in total. The van der Waals surface area contributed by atoms with Crippen LogP contribution >= 0.6 is 7.82 Å². The standard InChI is InChI=1S/C30H46N5O8P/c1-9-42-44(38,39)43-17-16-35(5,6)20-22-21(14-15-26(36)31-19-27(40-7)41-8)18-23(30(2,3)4)29(37)28(22)34-32-24-12-10-11-13-25(24)33-34/h10-13,18,27H,9,14-17,19-20H2,1-8H3,(H2-,31,36,37,38,39)/p+1. The van der Waals surface area contributed by atoms with Crippen LogP contribution in [0.5, 0.6) is 5.75 Å². The highest BCUT2D eigenvalue weighted by Gasteiger charge is 2.31. The van der Waals surface area contributed by atoms with Crippen LogP contribution in [0.3, 0.4) is 0 Å². The van der Waals surface area contributed by atoms with E-state index in [9.17, 15) is 19.4 Å². The first-order valence-electron chi connectivity index (χ1n) is 14.6. The number of benzene rings is 2. The molecule has 0 aliphatic rings. The van der Waals surface area contributed by atoms with Gasteiger partial charge in [-0.1, -0.05) is 39.0 Å². The molecule has 0 radical (unpaired) electrons. The van der Waals surface area contributed by atoms with Crippen LogP contribution in [0, 0.1) is 0 Å². The Hall–Kier alpha value is -2.90. The minimum absolute atomic E-state index is 0.0377. The normalized spacial score (nSPS) is 13.9. The third-order valence-corrected chi connectivity index (χ3v) is 8.30. The maximum absolute atomic E-state index is 12.9. The van der Waals surface area contributed by atoms with Crippen molar-refractivity contribution in [3.8, 4) is 11.4 Å². The molecule has 0 aliphatic carbocycles. The summed E-state index contributed by atoms with van der Waals surface area (Å²) in [5, 5.41) is 24.0. The number of nitrogens with one attached hydrogen (secondary N) is 1. The summed E-state index contributed by atoms with van der Waals surface area (Å²) in [5.41, 5.74) is 3.62. The lowest BCUT2D eigenvalue weighted by atomic mass is 9.82. The Balaban J connectivity index is 2.07. The first-order chi connectivity index (χ1) is 20.6. The molecule has 1 amide bonds. The molecule has 0 saturated heterocycles. The summed E-state index contributed by atoms with van der Waals surface area (Å²) in [6.07, 6.45) is -0.0106. The van der Waals surface area contributed by atoms with Gasteiger partial charge in [0.05, 0.1) is 27.2 Å². The molecule has 0 saturated carbocycles. The summed E-state index contributed by atoms with van der Waals surface area (Å²) >= 11 is 0. The van der Waals surface area contributed by atoms with E-state index in [0.29, 0.717) is 46.3 Å². The number of phosphoric acid groups is 1. The van der Waals surface area contributed by atoms with E-state index < -0.39 is 19.5 Å². The zero-order valence-corrected chi connectivity index (χ0v) is 27.9. The van der Waals surface area contributed by atoms with Gasteiger partial charge in [0, 0.05) is 31.8 Å². The third kappa shape index (κ3) is 9.55. The lowest BCUT2D eigenvalue weighted by Crippen LogP contribution is -2.42. The number of phenolic OH excluding ortho intramolecular Hbond substituents is 1. The number of amides is 1. The van der Waals surface area contributed by atoms with Crippen LogP contribution < -0.4 is 5.32 Å². The number of aromatic nitrogens is 3. The van der Waals surface area contributed by atoms with Crippen LogP contribution in [-0.4, -0.2) is 96.3 Å². The van der Waals surface area contributed by atoms with Gasteiger partial charge in [0.25, 0.3) is 0 Å². The summed E-state index contributed by atoms with van der Waals surface area (Å²) in [4.78, 5) is 24.2. The molecular formula is C30H47N5O8P+. The van der Waals surface area contributed by atoms with Gasteiger partial charge in [-0.15, -0.1) is 15.0 Å². The van der Waals surface area contributed by atoms with Crippen molar-refractivity contribution in [2.75, 3.05) is 54.6 Å². The third-order valence-electron chi connectivity index (χ3n) is 7.21. The molecular weight excluding hydrogens is 589 g/mol. The molecule has 244 valence electrons. The Morgan fingerprint density at radius 1 is 1.11 bits per heavy atom. The predicted molar refractivity (Wildman–Crippen MR) is 166 cm³/mol. The number of hydrogen-bond acceptors (Lipinski definition) is 9. The number of nitrogens with zero attached hydrogens (tertiary/aromatic N) is 4. The Bertz CT molecular complexity index is 1430. The fraction of sp³-hybridized carbons (Fsp3) is 0.567. The zero-order chi connectivity index (χ0) is 32.7. The number of quaternary nitrogens is 1. The highest BCUT2D eigenvalue weighted by molar-refractivity contribution is 7.47. The average molecular weight is 637 g/mol. The minimum Gasteiger partial charge on any atom is -0.505 e. The molecule has 14 heteroatoms. The number of rotatable bonds is 16. The van der Waals surface area contributed by atoms with Gasteiger partial charge in [0.2, 0.25) is 5.91 Å². The van der Waals surface area contributed by atoms with Gasteiger partial charge >= 0.3 is 7.82 Å². The van der Waals surface area contributed by atoms with Crippen LogP contribution in [0.15, 0.2) is 30.3 Å². The molecule has 1 aromatic heterocycles. The van der Waals surface area contributed by atoms with Crippen LogP contribution in [0.1, 0.15) is 50.8 Å². The van der Waals surface area contributed by atoms with E-state index in [4.69, 9.17) is 28.7 Å². The summed E-state index contributed by atoms with van der Waals surface area (Å²) in [5.74, 6) is -0.127. The Morgan fingerprint density at radius 3 is 2.27 bits per heavy atom. The number of hydrogen-bond donors (Lipinski definition) is 3. The molecule has 3 rings (SSSR count). The summed E-state index contributed by atoms with van der Waals surface area (Å²) in [6.45, 7) is 8.57. The molecule has 0 spiro atoms. The molecule has 0 aliphatic heterocycles. The quantitative estimate of drug-likeness (QED) is 0.120. The first kappa shape index (κ1) is 35.6. The predicted octanol–water partition coefficient (Wildman–Crippen LogP) is 3.82. The highest BCUT2D eigenvalue weighted by Crippen LogP contribution is 2.43. The van der Waals surface area contributed by atoms with Gasteiger partial charge in [-0.3, -0.25) is 13.8 Å². The van der Waals surface area contributed by atoms with Crippen LogP contribution in [0.2, 0.25) is 0 Å². The number of aromatic hydroxyl groups is 1. The van der Waals surface area contributed by atoms with E-state index in [2.05, 4.69) is 5.32 Å². The van der Waals surface area contributed by atoms with Gasteiger partial charge < -0.3 is 29.3 Å². The number of aryl methyl sites for hydroxylation is 1. The van der Waals surface area contributed by atoms with Gasteiger partial charge in [-0.05, 0) is 36.5 Å². The average Bonchev–Trinajstić information content (AvgIpc) is 3.35. The maximum Gasteiger partial charge on any atom is 0.472 e. The van der Waals surface area contributed by atoms with E-state index in [0.717, 1.165) is 11.1 Å². The molecule has 3 aromatic rings. The second-order valence-corrected chi connectivity index (χ2v) is 13.7. The molecule has 1 atom stereocenters. The zero-order valence-electron chi connectivity index (χ0n) is 27.0. The molecule has 2 aromatic carbocycles. The van der Waals surface area contributed by atoms with Crippen molar-refractivity contribution in [3.63, 3.8) is 0 Å². The lowest BCUT2D eigenvalue weighted by Gasteiger charge is -2.33. The molecule has 0 fully saturated rings. The summed E-state index contributed by atoms with van der Waals surface area (Å²) in [7, 11) is 2.76. The second-order valence-electron chi connectivity index (χ2n) is 12.2. The largest absolute Gasteiger partial charge is 0.505 e. The fourth-order valence-corrected chi connectivity index (χ4v) is 5.52. The van der Waals surface area contributed by atoms with E-state index in [1.807, 2.05) is 65.2 Å². The van der Waals surface area contributed by atoms with Gasteiger partial charge in [0.1, 0.15) is 42.2 Å². The Kier molecular flexibility index (Phi) is 12.1. The molecule has 0 bridgehead atoms. The van der Waals surface area contributed by atoms with Gasteiger partial charge in [0.15, 0.2) is 6.29 Å². The Labute approximate surface area is 259 Å². The van der Waals surface area contributed by atoms with Crippen molar-refractivity contribution in [1.82, 2.24) is 20.3 Å². The van der Waals surface area contributed by atoms with E-state index in [1.165, 1.54) is 19.0 Å². The van der Waals surface area contributed by atoms with Crippen molar-refractivity contribution >= 4 is 24.8 Å². The Morgan fingerprint density at radius 2 is 1.73 bits per heavy atom. The van der Waals surface area contributed by atoms with Crippen molar-refractivity contribution in [2.24, 2.45) is 0 Å². The molecule has 3 N–H and O–H groups in total. The SMILES string of the molecule is CCOP(=O)(O)OCC[N+](C)(C)Cc1c(CCC(=O)NCC(OC)OC)cc(C(C)(C)C)c(O)c1-n1nc2ccccc2n1. The first-order valence-corrected chi connectivity index (χ1v) is 16.1. The van der Waals surface area contributed by atoms with E-state index in [-0.39, 0.29) is 37.8 Å². The number of likely N-dealkylation sites (N-methyl/N-ethyl adjacent to an activating group) is 1. The van der Waals surface area contributed by atoms with Crippen molar-refractivity contribution in [1.29, 1.82) is 0 Å². The number of phosphoric ester groups is 1. The number of carbonyl (C=O) groups excluding carboxylic acids is 1. The number of ether oxygens (including phenoxy) is 2. The number of methoxy groups -OCH3 is 2. The summed E-state index contributed by atoms with van der Waals surface area (Å²) in [6, 6.07) is 9.40.